The highest BCUT2D eigenvalue weighted by Gasteiger charge is 2.35. The van der Waals surface area contributed by atoms with Gasteiger partial charge in [0.1, 0.15) is 11.4 Å². The maximum atomic E-state index is 13.4. The number of rotatable bonds is 7. The van der Waals surface area contributed by atoms with Crippen LogP contribution in [-0.4, -0.2) is 31.9 Å². The molecule has 1 fully saturated rings. The van der Waals surface area contributed by atoms with Crippen molar-refractivity contribution in [2.24, 2.45) is 0 Å². The lowest BCUT2D eigenvalue weighted by atomic mass is 9.83. The van der Waals surface area contributed by atoms with Crippen LogP contribution in [0.15, 0.2) is 47.4 Å². The summed E-state index contributed by atoms with van der Waals surface area (Å²) < 4.78 is 46.7. The minimum absolute atomic E-state index is 0.0513. The molecule has 0 saturated heterocycles. The molecule has 1 aliphatic rings. The molecule has 2 aromatic rings. The Morgan fingerprint density at radius 3 is 2.47 bits per heavy atom. The van der Waals surface area contributed by atoms with E-state index < -0.39 is 39.4 Å². The van der Waals surface area contributed by atoms with E-state index in [9.17, 15) is 27.7 Å². The normalized spacial score (nSPS) is 16.1. The number of halogens is 1. The van der Waals surface area contributed by atoms with Crippen LogP contribution in [0, 0.1) is 24.1 Å². The van der Waals surface area contributed by atoms with Crippen molar-refractivity contribution >= 4 is 27.6 Å². The largest absolute Gasteiger partial charge is 0.449 e. The maximum absolute atomic E-state index is 13.4. The number of para-hydroxylation sites is 1. The Hall–Kier alpha value is -3.45. The lowest BCUT2D eigenvalue weighted by molar-refractivity contribution is -0.130. The second-order valence-electron chi connectivity index (χ2n) is 8.35. The molecule has 0 bridgehead atoms. The standard InChI is InChI=1S/C24H26FN3O5S/c1-16-14-18(25)10-11-21(16)34(31,32)28-20-9-5-4-8-19(20)23(30)33-17(2)22(29)27-24(15-26)12-6-3-7-13-24/h4-5,8-11,14,17,28H,3,6-7,12-13H2,1-2H3,(H,27,29). The highest BCUT2D eigenvalue weighted by molar-refractivity contribution is 7.92. The summed E-state index contributed by atoms with van der Waals surface area (Å²) in [5, 5.41) is 12.3. The third-order valence-electron chi connectivity index (χ3n) is 5.75. The molecule has 3 rings (SSSR count). The van der Waals surface area contributed by atoms with Gasteiger partial charge in [-0.1, -0.05) is 31.4 Å². The molecular weight excluding hydrogens is 461 g/mol. The third kappa shape index (κ3) is 5.72. The van der Waals surface area contributed by atoms with E-state index in [1.807, 2.05) is 0 Å². The minimum atomic E-state index is -4.13. The Morgan fingerprint density at radius 2 is 1.82 bits per heavy atom. The van der Waals surface area contributed by atoms with Gasteiger partial charge in [-0.25, -0.2) is 17.6 Å². The molecule has 10 heteroatoms. The third-order valence-corrected chi connectivity index (χ3v) is 7.28. The van der Waals surface area contributed by atoms with E-state index in [1.54, 1.807) is 0 Å². The summed E-state index contributed by atoms with van der Waals surface area (Å²) in [5.74, 6) is -2.08. The smallest absolute Gasteiger partial charge is 0.341 e. The molecule has 1 saturated carbocycles. The monoisotopic (exact) mass is 487 g/mol. The Labute approximate surface area is 198 Å². The van der Waals surface area contributed by atoms with Crippen LogP contribution in [0.1, 0.15) is 54.9 Å². The topological polar surface area (TPSA) is 125 Å². The van der Waals surface area contributed by atoms with E-state index in [0.717, 1.165) is 37.5 Å². The van der Waals surface area contributed by atoms with Crippen molar-refractivity contribution in [3.05, 3.63) is 59.4 Å². The first-order valence-corrected chi connectivity index (χ1v) is 12.4. The number of carbonyl (C=O) groups excluding carboxylic acids is 2. The molecule has 180 valence electrons. The Morgan fingerprint density at radius 1 is 1.15 bits per heavy atom. The van der Waals surface area contributed by atoms with Crippen LogP contribution in [0.3, 0.4) is 0 Å². The molecule has 1 amide bonds. The van der Waals surface area contributed by atoms with Gasteiger partial charge in [-0.3, -0.25) is 9.52 Å². The van der Waals surface area contributed by atoms with Gasteiger partial charge < -0.3 is 10.1 Å². The summed E-state index contributed by atoms with van der Waals surface area (Å²) in [5.41, 5.74) is -0.925. The van der Waals surface area contributed by atoms with Gasteiger partial charge in [0.05, 0.1) is 22.2 Å². The zero-order valence-corrected chi connectivity index (χ0v) is 19.7. The number of nitrogens with zero attached hydrogens (tertiary/aromatic N) is 1. The Kier molecular flexibility index (Phi) is 7.57. The van der Waals surface area contributed by atoms with Crippen molar-refractivity contribution in [1.29, 1.82) is 5.26 Å². The number of benzene rings is 2. The Bertz CT molecular complexity index is 1230. The van der Waals surface area contributed by atoms with Gasteiger partial charge in [-0.15, -0.1) is 0 Å². The fraction of sp³-hybridized carbons (Fsp3) is 0.375. The van der Waals surface area contributed by atoms with Gasteiger partial charge in [-0.2, -0.15) is 5.26 Å². The van der Waals surface area contributed by atoms with E-state index in [0.29, 0.717) is 12.8 Å². The number of esters is 1. The molecule has 0 radical (unpaired) electrons. The molecule has 34 heavy (non-hydrogen) atoms. The summed E-state index contributed by atoms with van der Waals surface area (Å²) in [7, 11) is -4.13. The van der Waals surface area contributed by atoms with Crippen LogP contribution in [0.4, 0.5) is 10.1 Å². The lowest BCUT2D eigenvalue weighted by Gasteiger charge is -2.32. The first-order valence-electron chi connectivity index (χ1n) is 10.9. The lowest BCUT2D eigenvalue weighted by Crippen LogP contribution is -2.52. The molecule has 0 spiro atoms. The second kappa shape index (κ2) is 10.2. The Balaban J connectivity index is 1.75. The van der Waals surface area contributed by atoms with E-state index >= 15 is 0 Å². The number of aryl methyl sites for hydroxylation is 1. The molecule has 1 atom stereocenters. The maximum Gasteiger partial charge on any atom is 0.341 e. The van der Waals surface area contributed by atoms with Crippen LogP contribution in [0.25, 0.3) is 0 Å². The highest BCUT2D eigenvalue weighted by atomic mass is 32.2. The highest BCUT2D eigenvalue weighted by Crippen LogP contribution is 2.28. The van der Waals surface area contributed by atoms with Gasteiger partial charge in [0.2, 0.25) is 0 Å². The summed E-state index contributed by atoms with van der Waals surface area (Å²) >= 11 is 0. The molecule has 0 aromatic heterocycles. The number of carbonyl (C=O) groups is 2. The molecule has 1 unspecified atom stereocenters. The first-order chi connectivity index (χ1) is 16.1. The van der Waals surface area contributed by atoms with Crippen LogP contribution in [0.2, 0.25) is 0 Å². The second-order valence-corrected chi connectivity index (χ2v) is 10.0. The summed E-state index contributed by atoms with van der Waals surface area (Å²) in [4.78, 5) is 25.3. The van der Waals surface area contributed by atoms with Crippen LogP contribution in [0.5, 0.6) is 0 Å². The number of nitriles is 1. The molecule has 8 nitrogen and oxygen atoms in total. The quantitative estimate of drug-likeness (QED) is 0.572. The van der Waals surface area contributed by atoms with E-state index in [2.05, 4.69) is 16.1 Å². The summed E-state index contributed by atoms with van der Waals surface area (Å²) in [6.45, 7) is 2.84. The average Bonchev–Trinajstić information content (AvgIpc) is 2.79. The number of hydrogen-bond acceptors (Lipinski definition) is 6. The average molecular weight is 488 g/mol. The molecule has 1 aliphatic carbocycles. The predicted octanol–water partition coefficient (Wildman–Crippen LogP) is 3.82. The van der Waals surface area contributed by atoms with E-state index in [1.165, 1.54) is 38.1 Å². The number of sulfonamides is 1. The minimum Gasteiger partial charge on any atom is -0.449 e. The van der Waals surface area contributed by atoms with Crippen LogP contribution in [-0.2, 0) is 19.6 Å². The van der Waals surface area contributed by atoms with E-state index in [4.69, 9.17) is 4.74 Å². The number of hydrogen-bond donors (Lipinski definition) is 2. The first kappa shape index (κ1) is 25.2. The van der Waals surface area contributed by atoms with Crippen molar-refractivity contribution in [2.45, 2.75) is 62.5 Å². The van der Waals surface area contributed by atoms with Gasteiger partial charge >= 0.3 is 5.97 Å². The molecular formula is C24H26FN3O5S. The van der Waals surface area contributed by atoms with Crippen molar-refractivity contribution in [3.63, 3.8) is 0 Å². The number of nitrogens with one attached hydrogen (secondary N) is 2. The summed E-state index contributed by atoms with van der Waals surface area (Å²) in [6, 6.07) is 11.2. The van der Waals surface area contributed by atoms with Crippen LogP contribution >= 0.6 is 0 Å². The molecule has 0 aliphatic heterocycles. The number of anilines is 1. The molecule has 0 heterocycles. The van der Waals surface area contributed by atoms with Gasteiger partial charge in [-0.05, 0) is 62.6 Å². The molecule has 2 N–H and O–H groups in total. The number of amides is 1. The van der Waals surface area contributed by atoms with Crippen molar-refractivity contribution in [3.8, 4) is 6.07 Å². The van der Waals surface area contributed by atoms with Gasteiger partial charge in [0.15, 0.2) is 6.10 Å². The van der Waals surface area contributed by atoms with Crippen molar-refractivity contribution in [2.75, 3.05) is 4.72 Å². The van der Waals surface area contributed by atoms with Gasteiger partial charge in [0, 0.05) is 0 Å². The molecule has 2 aromatic carbocycles. The zero-order valence-electron chi connectivity index (χ0n) is 18.9. The number of ether oxygens (including phenoxy) is 1. The zero-order chi connectivity index (χ0) is 24.9. The predicted molar refractivity (Wildman–Crippen MR) is 123 cm³/mol. The fourth-order valence-electron chi connectivity index (χ4n) is 3.90. The fourth-order valence-corrected chi connectivity index (χ4v) is 5.21. The summed E-state index contributed by atoms with van der Waals surface area (Å²) in [6.07, 6.45) is 2.50. The van der Waals surface area contributed by atoms with Crippen molar-refractivity contribution in [1.82, 2.24) is 5.32 Å². The SMILES string of the molecule is Cc1cc(F)ccc1S(=O)(=O)Nc1ccccc1C(=O)OC(C)C(=O)NC1(C#N)CCCCC1. The van der Waals surface area contributed by atoms with E-state index in [-0.39, 0.29) is 21.7 Å². The van der Waals surface area contributed by atoms with Crippen LogP contribution < -0.4 is 10.0 Å². The van der Waals surface area contributed by atoms with Crippen molar-refractivity contribution < 1.29 is 27.1 Å². The van der Waals surface area contributed by atoms with Gasteiger partial charge in [0.25, 0.3) is 15.9 Å².